The molecule has 1 aliphatic carbocycles. The molecule has 1 aliphatic heterocycles. The first-order chi connectivity index (χ1) is 24.2. The third-order valence-electron chi connectivity index (χ3n) is 9.91. The highest BCUT2D eigenvalue weighted by Crippen LogP contribution is 2.48. The molecule has 2 atom stereocenters. The zero-order chi connectivity index (χ0) is 32.5. The molecule has 0 spiro atoms. The van der Waals surface area contributed by atoms with Crippen molar-refractivity contribution >= 4 is 55.4 Å². The van der Waals surface area contributed by atoms with Crippen LogP contribution in [0.1, 0.15) is 53.4 Å². The van der Waals surface area contributed by atoms with Crippen molar-refractivity contribution in [3.63, 3.8) is 0 Å². The first kappa shape index (κ1) is 28.1. The molecule has 6 heteroatoms. The molecule has 3 N–H and O–H groups in total. The Morgan fingerprint density at radius 1 is 0.673 bits per heavy atom. The van der Waals surface area contributed by atoms with Gasteiger partial charge in [-0.25, -0.2) is 9.98 Å². The minimum absolute atomic E-state index is 0.338. The van der Waals surface area contributed by atoms with E-state index in [4.69, 9.17) is 24.6 Å². The third-order valence-corrected chi connectivity index (χ3v) is 9.91. The third kappa shape index (κ3) is 4.67. The number of nitrogens with one attached hydrogen (secondary N) is 1. The Bertz CT molecular complexity index is 2630. The van der Waals surface area contributed by atoms with Crippen LogP contribution < -0.4 is 11.1 Å². The zero-order valence-electron chi connectivity index (χ0n) is 26.6. The van der Waals surface area contributed by atoms with Crippen molar-refractivity contribution in [2.24, 2.45) is 15.7 Å². The minimum Gasteiger partial charge on any atom is -0.460 e. The highest BCUT2D eigenvalue weighted by molar-refractivity contribution is 6.21. The second-order valence-corrected chi connectivity index (χ2v) is 13.1. The molecule has 10 rings (SSSR count). The number of nitrogens with zero attached hydrogens (tertiary/aromatic N) is 2. The van der Waals surface area contributed by atoms with Gasteiger partial charge in [-0.2, -0.15) is 0 Å². The Morgan fingerprint density at radius 3 is 2.29 bits per heavy atom. The van der Waals surface area contributed by atoms with Crippen molar-refractivity contribution in [2.45, 2.75) is 31.0 Å². The largest absolute Gasteiger partial charge is 0.460 e. The molecule has 1 saturated carbocycles. The lowest BCUT2D eigenvalue weighted by atomic mass is 9.96. The number of fused-ring (bicyclic) bond motifs is 5. The zero-order valence-corrected chi connectivity index (χ0v) is 26.6. The van der Waals surface area contributed by atoms with Crippen LogP contribution in [0.2, 0.25) is 0 Å². The number of furan rings is 2. The topological polar surface area (TPSA) is 89.0 Å². The van der Waals surface area contributed by atoms with Crippen molar-refractivity contribution in [3.8, 4) is 11.1 Å². The van der Waals surface area contributed by atoms with Crippen molar-refractivity contribution in [1.29, 1.82) is 0 Å². The number of amidine groups is 2. The maximum absolute atomic E-state index is 7.35. The summed E-state index contributed by atoms with van der Waals surface area (Å²) in [5, 5.41) is 9.08. The Labute approximate surface area is 282 Å². The molecule has 0 saturated heterocycles. The molecule has 0 radical (unpaired) electrons. The summed E-state index contributed by atoms with van der Waals surface area (Å²) in [4.78, 5) is 10.5. The molecule has 3 heterocycles. The Hall–Kier alpha value is -5.98. The van der Waals surface area contributed by atoms with E-state index in [0.29, 0.717) is 17.6 Å². The van der Waals surface area contributed by atoms with E-state index in [1.807, 2.05) is 36.4 Å². The summed E-state index contributed by atoms with van der Waals surface area (Å²) in [5.41, 5.74) is 15.0. The SMILES string of the molecule is NC(C1=NC(c2ccc3ccccc3c2)NC(c2cccc3oc4ccccc4c23)=N1)c1c(C2CC2)oc2c(-c3ccccc3)cccc12. The fourth-order valence-corrected chi connectivity index (χ4v) is 7.37. The summed E-state index contributed by atoms with van der Waals surface area (Å²) >= 11 is 0. The van der Waals surface area contributed by atoms with E-state index >= 15 is 0 Å². The number of benzene rings is 6. The van der Waals surface area contributed by atoms with E-state index in [9.17, 15) is 0 Å². The fourth-order valence-electron chi connectivity index (χ4n) is 7.37. The van der Waals surface area contributed by atoms with E-state index in [1.165, 1.54) is 5.39 Å². The Kier molecular flexibility index (Phi) is 6.33. The van der Waals surface area contributed by atoms with Gasteiger partial charge < -0.3 is 19.9 Å². The molecule has 236 valence electrons. The van der Waals surface area contributed by atoms with Crippen LogP contribution in [0.25, 0.3) is 54.8 Å². The van der Waals surface area contributed by atoms with Gasteiger partial charge in [0.1, 0.15) is 40.3 Å². The van der Waals surface area contributed by atoms with Crippen LogP contribution in [-0.4, -0.2) is 11.7 Å². The maximum atomic E-state index is 7.35. The predicted octanol–water partition coefficient (Wildman–Crippen LogP) is 10.2. The molecule has 2 unspecified atom stereocenters. The summed E-state index contributed by atoms with van der Waals surface area (Å²) in [6, 6.07) is 45.2. The van der Waals surface area contributed by atoms with Crippen molar-refractivity contribution in [1.82, 2.24) is 5.32 Å². The number of aliphatic imine (C=N–C) groups is 2. The average Bonchev–Trinajstić information content (AvgIpc) is 3.83. The van der Waals surface area contributed by atoms with Gasteiger partial charge in [0.25, 0.3) is 0 Å². The van der Waals surface area contributed by atoms with E-state index in [2.05, 4.69) is 102 Å². The maximum Gasteiger partial charge on any atom is 0.149 e. The number of hydrogen-bond acceptors (Lipinski definition) is 6. The van der Waals surface area contributed by atoms with Crippen LogP contribution in [0.15, 0.2) is 152 Å². The lowest BCUT2D eigenvalue weighted by Gasteiger charge is -2.26. The fraction of sp³-hybridized carbons (Fsp3) is 0.116. The lowest BCUT2D eigenvalue weighted by Crippen LogP contribution is -2.36. The lowest BCUT2D eigenvalue weighted by molar-refractivity contribution is 0.544. The van der Waals surface area contributed by atoms with Gasteiger partial charge in [0.05, 0.1) is 6.04 Å². The summed E-state index contributed by atoms with van der Waals surface area (Å²) in [6.07, 6.45) is 1.75. The first-order valence-electron chi connectivity index (χ1n) is 16.9. The summed E-state index contributed by atoms with van der Waals surface area (Å²) in [5.74, 6) is 2.56. The number of hydrogen-bond donors (Lipinski definition) is 2. The molecule has 6 nitrogen and oxygen atoms in total. The highest BCUT2D eigenvalue weighted by atomic mass is 16.3. The highest BCUT2D eigenvalue weighted by Gasteiger charge is 2.36. The average molecular weight is 637 g/mol. The number of nitrogens with two attached hydrogens (primary N) is 1. The molecule has 49 heavy (non-hydrogen) atoms. The summed E-state index contributed by atoms with van der Waals surface area (Å²) in [7, 11) is 0. The molecule has 1 fully saturated rings. The van der Waals surface area contributed by atoms with Gasteiger partial charge in [-0.1, -0.05) is 115 Å². The smallest absolute Gasteiger partial charge is 0.149 e. The van der Waals surface area contributed by atoms with E-state index in [0.717, 1.165) is 84.7 Å². The second-order valence-electron chi connectivity index (χ2n) is 13.1. The van der Waals surface area contributed by atoms with Crippen LogP contribution in [-0.2, 0) is 0 Å². The number of para-hydroxylation sites is 2. The van der Waals surface area contributed by atoms with Gasteiger partial charge in [-0.15, -0.1) is 0 Å². The molecule has 2 aliphatic rings. The van der Waals surface area contributed by atoms with Gasteiger partial charge in [-0.3, -0.25) is 0 Å². The summed E-state index contributed by atoms with van der Waals surface area (Å²) < 4.78 is 13.0. The van der Waals surface area contributed by atoms with Crippen LogP contribution in [0.5, 0.6) is 0 Å². The minimum atomic E-state index is -0.608. The molecule has 6 aromatic carbocycles. The quantitative estimate of drug-likeness (QED) is 0.190. The van der Waals surface area contributed by atoms with Gasteiger partial charge >= 0.3 is 0 Å². The standard InChI is InChI=1S/C43H32N4O2/c44-38(37-32-16-8-15-30(26-11-2-1-3-12-26)40(32)49-39(37)27-21-22-27)43-46-41(29-23-20-25-10-4-5-13-28(25)24-29)45-42(47-43)33-17-9-19-35-36(33)31-14-6-7-18-34(31)48-35/h1-20,23-24,27,38,41H,21-22,44H2,(H,45,46,47). The monoisotopic (exact) mass is 636 g/mol. The van der Waals surface area contributed by atoms with Gasteiger partial charge in [0.15, 0.2) is 0 Å². The molecular weight excluding hydrogens is 604 g/mol. The van der Waals surface area contributed by atoms with E-state index < -0.39 is 12.2 Å². The van der Waals surface area contributed by atoms with Crippen molar-refractivity contribution < 1.29 is 8.83 Å². The van der Waals surface area contributed by atoms with Crippen LogP contribution in [0.4, 0.5) is 0 Å². The molecule has 2 aromatic heterocycles. The predicted molar refractivity (Wildman–Crippen MR) is 198 cm³/mol. The van der Waals surface area contributed by atoms with Crippen LogP contribution >= 0.6 is 0 Å². The van der Waals surface area contributed by atoms with E-state index in [1.54, 1.807) is 0 Å². The van der Waals surface area contributed by atoms with Crippen molar-refractivity contribution in [2.75, 3.05) is 0 Å². The Balaban J connectivity index is 1.17. The number of rotatable bonds is 6. The van der Waals surface area contributed by atoms with Crippen molar-refractivity contribution in [3.05, 3.63) is 156 Å². The van der Waals surface area contributed by atoms with Gasteiger partial charge in [-0.05, 0) is 52.9 Å². The van der Waals surface area contributed by atoms with Gasteiger partial charge in [0, 0.05) is 38.8 Å². The molecule has 0 bridgehead atoms. The Morgan fingerprint density at radius 2 is 1.41 bits per heavy atom. The van der Waals surface area contributed by atoms with E-state index in [-0.39, 0.29) is 0 Å². The second kappa shape index (κ2) is 11.0. The first-order valence-corrected chi connectivity index (χ1v) is 16.9. The van der Waals surface area contributed by atoms with Crippen LogP contribution in [0.3, 0.4) is 0 Å². The summed E-state index contributed by atoms with van der Waals surface area (Å²) in [6.45, 7) is 0. The van der Waals surface area contributed by atoms with Gasteiger partial charge in [0.2, 0.25) is 0 Å². The molecular formula is C43H32N4O2. The van der Waals surface area contributed by atoms with Crippen LogP contribution in [0, 0.1) is 0 Å². The normalized spacial score (nSPS) is 17.0. The molecule has 0 amide bonds. The molecule has 8 aromatic rings.